The monoisotopic (exact) mass is 298 g/mol. The fraction of sp³-hybridized carbons (Fsp3) is 0.650. The number of rotatable bonds is 1. The van der Waals surface area contributed by atoms with Gasteiger partial charge in [-0.25, -0.2) is 4.99 Å². The van der Waals surface area contributed by atoms with Gasteiger partial charge in [0.05, 0.1) is 5.71 Å². The Balaban J connectivity index is 2.05. The Labute approximate surface area is 135 Å². The highest BCUT2D eigenvalue weighted by Gasteiger charge is 2.36. The first-order chi connectivity index (χ1) is 10.2. The second kappa shape index (κ2) is 5.11. The Hall–Kier alpha value is -1.31. The third-order valence-electron chi connectivity index (χ3n) is 4.84. The molecule has 0 atom stereocenters. The summed E-state index contributed by atoms with van der Waals surface area (Å²) >= 11 is 0. The van der Waals surface area contributed by atoms with Crippen LogP contribution in [-0.2, 0) is 0 Å². The largest absolute Gasteiger partial charge is 0.356 e. The van der Waals surface area contributed by atoms with E-state index < -0.39 is 0 Å². The van der Waals surface area contributed by atoms with Crippen molar-refractivity contribution in [1.82, 2.24) is 4.90 Å². The molecule has 0 N–H and O–H groups in total. The first-order valence-corrected chi connectivity index (χ1v) is 8.71. The Kier molecular flexibility index (Phi) is 3.62. The molecule has 0 aromatic carbocycles. The topological polar surface area (TPSA) is 15.6 Å². The van der Waals surface area contributed by atoms with Crippen LogP contribution in [0.5, 0.6) is 0 Å². The summed E-state index contributed by atoms with van der Waals surface area (Å²) < 4.78 is 0. The molecule has 1 saturated heterocycles. The number of aliphatic imine (C=N–C) groups is 1. The number of hydrogen-bond acceptors (Lipinski definition) is 2. The van der Waals surface area contributed by atoms with Crippen molar-refractivity contribution in [1.29, 1.82) is 0 Å². The van der Waals surface area contributed by atoms with Gasteiger partial charge in [-0.15, -0.1) is 0 Å². The van der Waals surface area contributed by atoms with Crippen LogP contribution in [0.25, 0.3) is 0 Å². The van der Waals surface area contributed by atoms with Gasteiger partial charge < -0.3 is 4.90 Å². The molecule has 0 spiro atoms. The van der Waals surface area contributed by atoms with Crippen LogP contribution in [-0.4, -0.2) is 23.7 Å². The Morgan fingerprint density at radius 1 is 0.864 bits per heavy atom. The van der Waals surface area contributed by atoms with Crippen molar-refractivity contribution in [3.05, 3.63) is 34.7 Å². The van der Waals surface area contributed by atoms with Gasteiger partial charge in [-0.05, 0) is 42.4 Å². The second-order valence-electron chi connectivity index (χ2n) is 8.90. The van der Waals surface area contributed by atoms with Crippen molar-refractivity contribution < 1.29 is 0 Å². The number of nitrogens with zero attached hydrogens (tertiary/aromatic N) is 2. The fourth-order valence-electron chi connectivity index (χ4n) is 3.47. The van der Waals surface area contributed by atoms with E-state index in [-0.39, 0.29) is 10.8 Å². The highest BCUT2D eigenvalue weighted by atomic mass is 15.2. The van der Waals surface area contributed by atoms with E-state index in [0.29, 0.717) is 0 Å². The normalized spacial score (nSPS) is 22.6. The van der Waals surface area contributed by atoms with Gasteiger partial charge in [0, 0.05) is 29.7 Å². The van der Waals surface area contributed by atoms with E-state index in [1.54, 1.807) is 0 Å². The highest BCUT2D eigenvalue weighted by Crippen LogP contribution is 2.44. The van der Waals surface area contributed by atoms with Gasteiger partial charge in [0.2, 0.25) is 0 Å². The fourth-order valence-corrected chi connectivity index (χ4v) is 3.47. The number of piperidine rings is 1. The van der Waals surface area contributed by atoms with Gasteiger partial charge in [-0.3, -0.25) is 0 Å². The van der Waals surface area contributed by atoms with Crippen LogP contribution in [0.3, 0.4) is 0 Å². The molecule has 2 heteroatoms. The van der Waals surface area contributed by atoms with Crippen molar-refractivity contribution in [3.63, 3.8) is 0 Å². The maximum absolute atomic E-state index is 5.09. The van der Waals surface area contributed by atoms with Crippen LogP contribution < -0.4 is 0 Å². The van der Waals surface area contributed by atoms with Crippen molar-refractivity contribution in [2.75, 3.05) is 13.1 Å². The number of likely N-dealkylation sites (tertiary alicyclic amines) is 1. The second-order valence-corrected chi connectivity index (χ2v) is 8.90. The lowest BCUT2D eigenvalue weighted by Gasteiger charge is -2.29. The molecule has 0 bridgehead atoms. The summed E-state index contributed by atoms with van der Waals surface area (Å²) in [4.78, 5) is 7.60. The first kappa shape index (κ1) is 15.6. The molecule has 3 aliphatic rings. The van der Waals surface area contributed by atoms with Crippen LogP contribution in [0.1, 0.15) is 60.8 Å². The molecular weight excluding hydrogens is 268 g/mol. The molecule has 0 radical (unpaired) electrons. The standard InChI is InChI=1S/C20H30N2/c1-19(2,3)14-12-15-16(13-14)18(21-17(15)20(4,5)6)22-10-8-7-9-11-22/h12-13H,7-11H2,1-6H3. The molecule has 1 fully saturated rings. The van der Waals surface area contributed by atoms with Crippen molar-refractivity contribution >= 4 is 5.71 Å². The van der Waals surface area contributed by atoms with Crippen LogP contribution in [0.2, 0.25) is 0 Å². The third-order valence-corrected chi connectivity index (χ3v) is 4.84. The minimum absolute atomic E-state index is 0.0931. The lowest BCUT2D eigenvalue weighted by molar-refractivity contribution is 0.282. The summed E-state index contributed by atoms with van der Waals surface area (Å²) in [5, 5.41) is 0. The number of fused-ring (bicyclic) bond motifs is 1. The smallest absolute Gasteiger partial charge is 0.136 e. The predicted molar refractivity (Wildman–Crippen MR) is 95.0 cm³/mol. The predicted octanol–water partition coefficient (Wildman–Crippen LogP) is 5.10. The van der Waals surface area contributed by atoms with Gasteiger partial charge in [0.25, 0.3) is 0 Å². The molecule has 0 aromatic rings. The summed E-state index contributed by atoms with van der Waals surface area (Å²) in [6.45, 7) is 16.0. The van der Waals surface area contributed by atoms with E-state index in [0.717, 1.165) is 13.1 Å². The number of allylic oxidation sites excluding steroid dienone is 5. The summed E-state index contributed by atoms with van der Waals surface area (Å²) in [6.07, 6.45) is 8.73. The Morgan fingerprint density at radius 2 is 1.50 bits per heavy atom. The van der Waals surface area contributed by atoms with E-state index in [9.17, 15) is 0 Å². The van der Waals surface area contributed by atoms with Crippen LogP contribution in [0, 0.1) is 10.8 Å². The zero-order valence-corrected chi connectivity index (χ0v) is 15.1. The SMILES string of the molecule is CC(C)(C)C1=CC2=C(N3CCCCC3)N=C(C(C)(C)C)C2=C1. The molecule has 2 aliphatic heterocycles. The quantitative estimate of drug-likeness (QED) is 0.658. The lowest BCUT2D eigenvalue weighted by atomic mass is 9.84. The van der Waals surface area contributed by atoms with Gasteiger partial charge in [0.15, 0.2) is 0 Å². The number of hydrogen-bond donors (Lipinski definition) is 0. The summed E-state index contributed by atoms with van der Waals surface area (Å²) in [5.74, 6) is 1.23. The maximum atomic E-state index is 5.09. The minimum atomic E-state index is 0.0931. The molecule has 0 aromatic heterocycles. The van der Waals surface area contributed by atoms with Crippen molar-refractivity contribution in [2.24, 2.45) is 15.8 Å². The Bertz CT molecular complexity index is 595. The molecule has 0 amide bonds. The molecule has 0 saturated carbocycles. The summed E-state index contributed by atoms with van der Waals surface area (Å²) in [7, 11) is 0. The molecule has 2 heterocycles. The summed E-state index contributed by atoms with van der Waals surface area (Å²) in [6, 6.07) is 0. The third kappa shape index (κ3) is 2.68. The van der Waals surface area contributed by atoms with E-state index in [2.05, 4.69) is 58.6 Å². The van der Waals surface area contributed by atoms with Crippen LogP contribution in [0.4, 0.5) is 0 Å². The molecule has 2 nitrogen and oxygen atoms in total. The van der Waals surface area contributed by atoms with Crippen molar-refractivity contribution in [2.45, 2.75) is 60.8 Å². The zero-order chi connectivity index (χ0) is 16.1. The highest BCUT2D eigenvalue weighted by molar-refractivity contribution is 6.12. The van der Waals surface area contributed by atoms with Gasteiger partial charge in [-0.1, -0.05) is 41.5 Å². The summed E-state index contributed by atoms with van der Waals surface area (Å²) in [5.41, 5.74) is 5.73. The van der Waals surface area contributed by atoms with E-state index in [4.69, 9.17) is 4.99 Å². The van der Waals surface area contributed by atoms with E-state index >= 15 is 0 Å². The van der Waals surface area contributed by atoms with E-state index in [1.807, 2.05) is 0 Å². The minimum Gasteiger partial charge on any atom is -0.356 e. The maximum Gasteiger partial charge on any atom is 0.136 e. The first-order valence-electron chi connectivity index (χ1n) is 8.71. The molecule has 1 aliphatic carbocycles. The lowest BCUT2D eigenvalue weighted by Crippen LogP contribution is -2.28. The Morgan fingerprint density at radius 3 is 2.05 bits per heavy atom. The van der Waals surface area contributed by atoms with Crippen LogP contribution in [0.15, 0.2) is 39.7 Å². The van der Waals surface area contributed by atoms with Gasteiger partial charge in [-0.2, -0.15) is 0 Å². The van der Waals surface area contributed by atoms with E-state index in [1.165, 1.54) is 47.5 Å². The van der Waals surface area contributed by atoms with Crippen molar-refractivity contribution in [3.8, 4) is 0 Å². The average Bonchev–Trinajstić information content (AvgIpc) is 2.96. The zero-order valence-electron chi connectivity index (χ0n) is 15.1. The van der Waals surface area contributed by atoms with Crippen LogP contribution >= 0.6 is 0 Å². The van der Waals surface area contributed by atoms with Gasteiger partial charge in [0.1, 0.15) is 5.82 Å². The molecule has 120 valence electrons. The molecular formula is C20H30N2. The molecule has 22 heavy (non-hydrogen) atoms. The molecule has 3 rings (SSSR count). The average molecular weight is 298 g/mol. The molecule has 0 unspecified atom stereocenters. The van der Waals surface area contributed by atoms with Gasteiger partial charge >= 0.3 is 0 Å².